The Hall–Kier alpha value is -0.326. The van der Waals surface area contributed by atoms with E-state index in [1.165, 1.54) is 5.20 Å². The average Bonchev–Trinajstić information content (AvgIpc) is 2.24. The SMILES string of the molecule is COC1=C([Si](C)(C)C)C=C[C@@H]([Si](C)(C)C)C1OC. The van der Waals surface area contributed by atoms with Crippen molar-refractivity contribution in [3.8, 4) is 0 Å². The van der Waals surface area contributed by atoms with Gasteiger partial charge in [0.25, 0.3) is 0 Å². The number of allylic oxidation sites excluding steroid dienone is 2. The molecule has 0 aromatic rings. The molecule has 0 saturated carbocycles. The molecule has 0 amide bonds. The lowest BCUT2D eigenvalue weighted by atomic mass is 10.1. The van der Waals surface area contributed by atoms with Crippen LogP contribution in [-0.2, 0) is 9.47 Å². The van der Waals surface area contributed by atoms with Gasteiger partial charge in [0.05, 0.1) is 23.3 Å². The zero-order chi connectivity index (χ0) is 14.1. The summed E-state index contributed by atoms with van der Waals surface area (Å²) < 4.78 is 11.5. The predicted octanol–water partition coefficient (Wildman–Crippen LogP) is 4.06. The Kier molecular flexibility index (Phi) is 4.67. The van der Waals surface area contributed by atoms with Crippen LogP contribution in [0.15, 0.2) is 23.1 Å². The van der Waals surface area contributed by atoms with Crippen molar-refractivity contribution >= 4 is 16.1 Å². The standard InChI is InChI=1S/C14H28O2Si2/c1-15-13-11(17(3,4)5)9-10-12(14(13)16-2)18(6,7)8/h9-11,13H,1-8H3/t11-,13?/m1/s1. The molecule has 0 saturated heterocycles. The minimum absolute atomic E-state index is 0.105. The van der Waals surface area contributed by atoms with E-state index in [4.69, 9.17) is 9.47 Å². The topological polar surface area (TPSA) is 18.5 Å². The molecule has 0 heterocycles. The van der Waals surface area contributed by atoms with Crippen LogP contribution in [0.5, 0.6) is 0 Å². The molecule has 1 unspecified atom stereocenters. The molecule has 0 radical (unpaired) electrons. The molecule has 0 N–H and O–H groups in total. The fourth-order valence-corrected chi connectivity index (χ4v) is 5.99. The quantitative estimate of drug-likeness (QED) is 0.725. The highest BCUT2D eigenvalue weighted by atomic mass is 28.3. The second-order valence-electron chi connectivity index (χ2n) is 7.14. The molecule has 18 heavy (non-hydrogen) atoms. The highest BCUT2D eigenvalue weighted by Crippen LogP contribution is 2.39. The van der Waals surface area contributed by atoms with Gasteiger partial charge in [-0.2, -0.15) is 0 Å². The van der Waals surface area contributed by atoms with Crippen molar-refractivity contribution in [2.24, 2.45) is 0 Å². The lowest BCUT2D eigenvalue weighted by Gasteiger charge is -2.38. The van der Waals surface area contributed by atoms with E-state index in [0.717, 1.165) is 5.76 Å². The Morgan fingerprint density at radius 3 is 1.89 bits per heavy atom. The van der Waals surface area contributed by atoms with E-state index in [0.29, 0.717) is 5.54 Å². The van der Waals surface area contributed by atoms with E-state index >= 15 is 0 Å². The Labute approximate surface area is 114 Å². The number of rotatable bonds is 4. The molecule has 0 fully saturated rings. The van der Waals surface area contributed by atoms with Crippen molar-refractivity contribution in [2.75, 3.05) is 14.2 Å². The number of hydrogen-bond acceptors (Lipinski definition) is 2. The smallest absolute Gasteiger partial charge is 0.124 e. The van der Waals surface area contributed by atoms with Crippen LogP contribution in [0.3, 0.4) is 0 Å². The average molecular weight is 285 g/mol. The molecular weight excluding hydrogens is 256 g/mol. The monoisotopic (exact) mass is 284 g/mol. The summed E-state index contributed by atoms with van der Waals surface area (Å²) in [4.78, 5) is 0. The minimum atomic E-state index is -1.38. The van der Waals surface area contributed by atoms with Crippen molar-refractivity contribution in [3.63, 3.8) is 0 Å². The van der Waals surface area contributed by atoms with Crippen LogP contribution in [-0.4, -0.2) is 36.5 Å². The predicted molar refractivity (Wildman–Crippen MR) is 84.4 cm³/mol. The van der Waals surface area contributed by atoms with Crippen molar-refractivity contribution < 1.29 is 9.47 Å². The largest absolute Gasteiger partial charge is 0.498 e. The van der Waals surface area contributed by atoms with Gasteiger partial charge in [0.15, 0.2) is 0 Å². The Bertz CT molecular complexity index is 359. The molecule has 0 aromatic carbocycles. The van der Waals surface area contributed by atoms with Gasteiger partial charge in [-0.25, -0.2) is 0 Å². The van der Waals surface area contributed by atoms with Gasteiger partial charge in [-0.15, -0.1) is 0 Å². The van der Waals surface area contributed by atoms with Gasteiger partial charge < -0.3 is 9.47 Å². The summed E-state index contributed by atoms with van der Waals surface area (Å²) in [5.41, 5.74) is 0.498. The zero-order valence-electron chi connectivity index (χ0n) is 13.1. The first-order chi connectivity index (χ1) is 8.12. The van der Waals surface area contributed by atoms with Crippen LogP contribution in [0.25, 0.3) is 0 Å². The fourth-order valence-electron chi connectivity index (χ4n) is 2.54. The highest BCUT2D eigenvalue weighted by molar-refractivity contribution is 6.84. The Balaban J connectivity index is 3.25. The molecule has 4 heteroatoms. The Morgan fingerprint density at radius 1 is 1.00 bits per heavy atom. The van der Waals surface area contributed by atoms with Gasteiger partial charge in [-0.3, -0.25) is 0 Å². The summed E-state index contributed by atoms with van der Waals surface area (Å²) in [6.45, 7) is 14.2. The second-order valence-corrected chi connectivity index (χ2v) is 17.6. The van der Waals surface area contributed by atoms with Gasteiger partial charge in [0, 0.05) is 12.7 Å². The number of methoxy groups -OCH3 is 2. The third-order valence-corrected chi connectivity index (χ3v) is 8.13. The molecule has 0 spiro atoms. The Morgan fingerprint density at radius 2 is 1.56 bits per heavy atom. The van der Waals surface area contributed by atoms with Crippen LogP contribution in [0.2, 0.25) is 44.8 Å². The van der Waals surface area contributed by atoms with Crippen LogP contribution >= 0.6 is 0 Å². The van der Waals surface area contributed by atoms with Crippen LogP contribution in [0.4, 0.5) is 0 Å². The molecule has 104 valence electrons. The molecule has 0 aliphatic heterocycles. The maximum atomic E-state index is 5.78. The molecule has 1 rings (SSSR count). The van der Waals surface area contributed by atoms with Gasteiger partial charge in [0.1, 0.15) is 11.9 Å². The summed E-state index contributed by atoms with van der Waals surface area (Å²) in [6, 6.07) is 0. The molecule has 2 atom stereocenters. The fraction of sp³-hybridized carbons (Fsp3) is 0.714. The number of ether oxygens (including phenoxy) is 2. The first kappa shape index (κ1) is 15.7. The van der Waals surface area contributed by atoms with Crippen LogP contribution in [0, 0.1) is 0 Å². The maximum Gasteiger partial charge on any atom is 0.124 e. The third-order valence-electron chi connectivity index (χ3n) is 3.60. The molecule has 1 aliphatic rings. The van der Waals surface area contributed by atoms with E-state index in [1.807, 2.05) is 0 Å². The highest BCUT2D eigenvalue weighted by Gasteiger charge is 2.40. The first-order valence-electron chi connectivity index (χ1n) is 6.62. The number of hydrogen-bond donors (Lipinski definition) is 0. The molecular formula is C14H28O2Si2. The normalized spacial score (nSPS) is 25.6. The van der Waals surface area contributed by atoms with Gasteiger partial charge in [-0.1, -0.05) is 51.4 Å². The lowest BCUT2D eigenvalue weighted by Crippen LogP contribution is -2.41. The van der Waals surface area contributed by atoms with E-state index < -0.39 is 16.1 Å². The molecule has 2 nitrogen and oxygen atoms in total. The van der Waals surface area contributed by atoms with E-state index in [1.54, 1.807) is 14.2 Å². The minimum Gasteiger partial charge on any atom is -0.498 e. The maximum absolute atomic E-state index is 5.78. The van der Waals surface area contributed by atoms with Crippen molar-refractivity contribution in [1.29, 1.82) is 0 Å². The zero-order valence-corrected chi connectivity index (χ0v) is 15.1. The lowest BCUT2D eigenvalue weighted by molar-refractivity contribution is 0.0773. The van der Waals surface area contributed by atoms with E-state index in [9.17, 15) is 0 Å². The molecule has 0 bridgehead atoms. The van der Waals surface area contributed by atoms with Gasteiger partial charge in [-0.05, 0) is 5.20 Å². The van der Waals surface area contributed by atoms with Crippen molar-refractivity contribution in [1.82, 2.24) is 0 Å². The van der Waals surface area contributed by atoms with Crippen LogP contribution in [0.1, 0.15) is 0 Å². The van der Waals surface area contributed by atoms with Crippen LogP contribution < -0.4 is 0 Å². The van der Waals surface area contributed by atoms with Gasteiger partial charge >= 0.3 is 0 Å². The van der Waals surface area contributed by atoms with Gasteiger partial charge in [0.2, 0.25) is 0 Å². The molecule has 1 aliphatic carbocycles. The summed E-state index contributed by atoms with van der Waals surface area (Å²) in [5, 5.41) is 1.39. The second kappa shape index (κ2) is 5.35. The summed E-state index contributed by atoms with van der Waals surface area (Å²) in [5.74, 6) is 1.08. The first-order valence-corrected chi connectivity index (χ1v) is 13.7. The van der Waals surface area contributed by atoms with Crippen molar-refractivity contribution in [3.05, 3.63) is 23.1 Å². The molecule has 0 aromatic heterocycles. The van der Waals surface area contributed by atoms with Crippen molar-refractivity contribution in [2.45, 2.75) is 50.9 Å². The summed E-state index contributed by atoms with van der Waals surface area (Å²) >= 11 is 0. The summed E-state index contributed by atoms with van der Waals surface area (Å²) in [6.07, 6.45) is 4.79. The third kappa shape index (κ3) is 3.16. The van der Waals surface area contributed by atoms with E-state index in [2.05, 4.69) is 51.4 Å². The summed E-state index contributed by atoms with van der Waals surface area (Å²) in [7, 11) is 0.901. The van der Waals surface area contributed by atoms with E-state index in [-0.39, 0.29) is 6.10 Å².